The topological polar surface area (TPSA) is 38.0 Å². The minimum Gasteiger partial charge on any atom is -0.389 e. The van der Waals surface area contributed by atoms with Crippen molar-refractivity contribution in [3.05, 3.63) is 50.7 Å². The van der Waals surface area contributed by atoms with Gasteiger partial charge in [-0.3, -0.25) is 0 Å². The van der Waals surface area contributed by atoms with Crippen LogP contribution in [-0.4, -0.2) is 4.99 Å². The summed E-state index contributed by atoms with van der Waals surface area (Å²) >= 11 is 13.1. The third kappa shape index (κ3) is 2.68. The number of hydrogen-bond acceptors (Lipinski definition) is 3. The summed E-state index contributed by atoms with van der Waals surface area (Å²) in [5.74, 6) is 0. The fraction of sp³-hybridized carbons (Fsp3) is 0.267. The maximum Gasteiger partial charge on any atom is 0.106 e. The summed E-state index contributed by atoms with van der Waals surface area (Å²) in [6.07, 6.45) is 3.50. The van der Waals surface area contributed by atoms with Gasteiger partial charge < -0.3 is 11.1 Å². The maximum absolute atomic E-state index is 6.10. The molecule has 0 spiro atoms. The Morgan fingerprint density at radius 2 is 2.25 bits per heavy atom. The number of nitrogens with one attached hydrogen (secondary N) is 1. The van der Waals surface area contributed by atoms with E-state index in [0.29, 0.717) is 16.1 Å². The van der Waals surface area contributed by atoms with Crippen LogP contribution in [0.15, 0.2) is 29.6 Å². The van der Waals surface area contributed by atoms with Crippen LogP contribution in [0.4, 0.5) is 5.69 Å². The number of fused-ring (bicyclic) bond motifs is 1. The maximum atomic E-state index is 6.10. The second-order valence-electron chi connectivity index (χ2n) is 4.94. The molecule has 1 aliphatic rings. The first-order valence-electron chi connectivity index (χ1n) is 6.57. The summed E-state index contributed by atoms with van der Waals surface area (Å²) in [4.78, 5) is 1.87. The molecule has 1 unspecified atom stereocenters. The van der Waals surface area contributed by atoms with E-state index < -0.39 is 0 Å². The van der Waals surface area contributed by atoms with Gasteiger partial charge in [-0.2, -0.15) is 0 Å². The van der Waals surface area contributed by atoms with Crippen LogP contribution in [0.3, 0.4) is 0 Å². The smallest absolute Gasteiger partial charge is 0.106 e. The zero-order valence-electron chi connectivity index (χ0n) is 10.9. The van der Waals surface area contributed by atoms with E-state index in [0.717, 1.165) is 17.7 Å². The first kappa shape index (κ1) is 13.9. The van der Waals surface area contributed by atoms with Crippen LogP contribution in [0.1, 0.15) is 34.9 Å². The zero-order chi connectivity index (χ0) is 14.1. The fourth-order valence-electron chi connectivity index (χ4n) is 2.67. The van der Waals surface area contributed by atoms with Crippen LogP contribution in [-0.2, 0) is 6.42 Å². The largest absolute Gasteiger partial charge is 0.389 e. The number of rotatable bonds is 3. The highest BCUT2D eigenvalue weighted by atomic mass is 35.5. The van der Waals surface area contributed by atoms with Crippen LogP contribution < -0.4 is 11.1 Å². The number of anilines is 1. The second kappa shape index (κ2) is 5.72. The van der Waals surface area contributed by atoms with E-state index in [9.17, 15) is 0 Å². The van der Waals surface area contributed by atoms with Crippen LogP contribution in [0, 0.1) is 0 Å². The van der Waals surface area contributed by atoms with E-state index in [1.54, 1.807) is 0 Å². The Labute approximate surface area is 132 Å². The Balaban J connectivity index is 1.93. The molecule has 1 atom stereocenters. The Bertz CT molecular complexity index is 651. The lowest BCUT2D eigenvalue weighted by atomic mass is 9.93. The summed E-state index contributed by atoms with van der Waals surface area (Å²) in [5.41, 5.74) is 8.97. The van der Waals surface area contributed by atoms with Crippen molar-refractivity contribution in [1.82, 2.24) is 0 Å². The lowest BCUT2D eigenvalue weighted by Crippen LogP contribution is -2.19. The first-order chi connectivity index (χ1) is 9.65. The molecular formula is C15H15ClN2S2. The Morgan fingerprint density at radius 1 is 1.40 bits per heavy atom. The van der Waals surface area contributed by atoms with Crippen LogP contribution >= 0.6 is 35.2 Å². The van der Waals surface area contributed by atoms with Crippen molar-refractivity contribution in [3.8, 4) is 0 Å². The number of halogens is 1. The van der Waals surface area contributed by atoms with Crippen molar-refractivity contribution in [2.45, 2.75) is 25.3 Å². The highest BCUT2D eigenvalue weighted by Gasteiger charge is 2.22. The summed E-state index contributed by atoms with van der Waals surface area (Å²) in [5, 5.41) is 6.42. The SMILES string of the molecule is NC(=S)c1ccc(Cl)cc1NC1CCCc2sccc21. The molecule has 1 aliphatic carbocycles. The molecule has 1 aromatic carbocycles. The number of nitrogens with two attached hydrogens (primary N) is 1. The average Bonchev–Trinajstić information content (AvgIpc) is 2.88. The highest BCUT2D eigenvalue weighted by molar-refractivity contribution is 7.80. The van der Waals surface area contributed by atoms with Crippen LogP contribution in [0.2, 0.25) is 5.02 Å². The van der Waals surface area contributed by atoms with Crippen molar-refractivity contribution < 1.29 is 0 Å². The first-order valence-corrected chi connectivity index (χ1v) is 8.24. The number of aryl methyl sites for hydroxylation is 1. The van der Waals surface area contributed by atoms with Crippen LogP contribution in [0.5, 0.6) is 0 Å². The van der Waals surface area contributed by atoms with E-state index in [4.69, 9.17) is 29.6 Å². The molecule has 0 aliphatic heterocycles. The monoisotopic (exact) mass is 322 g/mol. The van der Waals surface area contributed by atoms with Crippen molar-refractivity contribution in [2.75, 3.05) is 5.32 Å². The molecule has 1 aromatic heterocycles. The number of thiocarbonyl (C=S) groups is 1. The van der Waals surface area contributed by atoms with Gasteiger partial charge >= 0.3 is 0 Å². The minimum absolute atomic E-state index is 0.316. The molecule has 20 heavy (non-hydrogen) atoms. The predicted molar refractivity (Wildman–Crippen MR) is 91.0 cm³/mol. The molecule has 5 heteroatoms. The van der Waals surface area contributed by atoms with E-state index in [2.05, 4.69) is 16.8 Å². The van der Waals surface area contributed by atoms with Gasteiger partial charge in [-0.25, -0.2) is 0 Å². The van der Waals surface area contributed by atoms with Crippen molar-refractivity contribution in [2.24, 2.45) is 5.73 Å². The van der Waals surface area contributed by atoms with E-state index >= 15 is 0 Å². The molecular weight excluding hydrogens is 308 g/mol. The third-order valence-electron chi connectivity index (χ3n) is 3.63. The van der Waals surface area contributed by atoms with Crippen molar-refractivity contribution >= 4 is 45.8 Å². The molecule has 0 fully saturated rings. The zero-order valence-corrected chi connectivity index (χ0v) is 13.2. The molecule has 0 bridgehead atoms. The minimum atomic E-state index is 0.316. The number of thiophene rings is 1. The molecule has 1 heterocycles. The van der Waals surface area contributed by atoms with Gasteiger partial charge in [0.25, 0.3) is 0 Å². The summed E-state index contributed by atoms with van der Waals surface area (Å²) in [6.45, 7) is 0. The van der Waals surface area contributed by atoms with Gasteiger partial charge in [-0.1, -0.05) is 23.8 Å². The molecule has 0 saturated carbocycles. The fourth-order valence-corrected chi connectivity index (χ4v) is 4.01. The van der Waals surface area contributed by atoms with Crippen molar-refractivity contribution in [1.29, 1.82) is 0 Å². The molecule has 3 rings (SSSR count). The molecule has 104 valence electrons. The summed E-state index contributed by atoms with van der Waals surface area (Å²) < 4.78 is 0. The molecule has 2 aromatic rings. The summed E-state index contributed by atoms with van der Waals surface area (Å²) in [7, 11) is 0. The molecule has 0 amide bonds. The average molecular weight is 323 g/mol. The molecule has 0 saturated heterocycles. The predicted octanol–water partition coefficient (Wildman–Crippen LogP) is 4.53. The van der Waals surface area contributed by atoms with Gasteiger partial charge in [0.2, 0.25) is 0 Å². The van der Waals surface area contributed by atoms with Gasteiger partial charge in [-0.15, -0.1) is 11.3 Å². The molecule has 0 radical (unpaired) electrons. The van der Waals surface area contributed by atoms with Crippen molar-refractivity contribution in [3.63, 3.8) is 0 Å². The van der Waals surface area contributed by atoms with E-state index in [1.807, 2.05) is 29.5 Å². The highest BCUT2D eigenvalue weighted by Crippen LogP contribution is 2.36. The second-order valence-corrected chi connectivity index (χ2v) is 6.82. The van der Waals surface area contributed by atoms with Gasteiger partial charge in [0, 0.05) is 21.2 Å². The number of hydrogen-bond donors (Lipinski definition) is 2. The quantitative estimate of drug-likeness (QED) is 0.816. The standard InChI is InChI=1S/C15H15ClN2S2/c16-9-4-5-11(15(17)19)13(8-9)18-12-2-1-3-14-10(12)6-7-20-14/h4-8,12,18H,1-3H2,(H2,17,19). The van der Waals surface area contributed by atoms with Crippen LogP contribution in [0.25, 0.3) is 0 Å². The lowest BCUT2D eigenvalue weighted by Gasteiger charge is -2.26. The number of benzene rings is 1. The molecule has 2 nitrogen and oxygen atoms in total. The molecule has 3 N–H and O–H groups in total. The van der Waals surface area contributed by atoms with E-state index in [1.165, 1.54) is 23.3 Å². The van der Waals surface area contributed by atoms with E-state index in [-0.39, 0.29) is 0 Å². The Hall–Kier alpha value is -1.10. The summed E-state index contributed by atoms with van der Waals surface area (Å²) in [6, 6.07) is 8.12. The normalized spacial score (nSPS) is 17.6. The Morgan fingerprint density at radius 3 is 3.05 bits per heavy atom. The van der Waals surface area contributed by atoms with Gasteiger partial charge in [0.15, 0.2) is 0 Å². The Kier molecular flexibility index (Phi) is 3.96. The van der Waals surface area contributed by atoms with Gasteiger partial charge in [-0.05, 0) is 54.5 Å². The lowest BCUT2D eigenvalue weighted by molar-refractivity contribution is 0.609. The third-order valence-corrected chi connectivity index (χ3v) is 5.08. The van der Waals surface area contributed by atoms with Gasteiger partial charge in [0.1, 0.15) is 4.99 Å². The van der Waals surface area contributed by atoms with Gasteiger partial charge in [0.05, 0.1) is 6.04 Å².